The number of halogens is 1. The third kappa shape index (κ3) is 0.813. The van der Waals surface area contributed by atoms with Crippen molar-refractivity contribution in [1.29, 1.82) is 0 Å². The summed E-state index contributed by atoms with van der Waals surface area (Å²) in [7, 11) is 0. The van der Waals surface area contributed by atoms with E-state index in [1.54, 1.807) is 0 Å². The molecule has 0 spiro atoms. The second kappa shape index (κ2) is 1.91. The van der Waals surface area contributed by atoms with E-state index in [0.29, 0.717) is 10.9 Å². The Morgan fingerprint density at radius 2 is 2.27 bits per heavy atom. The van der Waals surface area contributed by atoms with Crippen LogP contribution in [-0.4, -0.2) is 15.2 Å². The summed E-state index contributed by atoms with van der Waals surface area (Å²) >= 11 is 0. The van der Waals surface area contributed by atoms with Crippen LogP contribution in [0, 0.1) is 5.95 Å². The molecule has 0 amide bonds. The predicted molar refractivity (Wildman–Crippen MR) is 36.7 cm³/mol. The Labute approximate surface area is 60.1 Å². The number of fused-ring (bicyclic) bond motifs is 1. The number of H-pyrrole nitrogens is 2. The van der Waals surface area contributed by atoms with E-state index in [1.807, 2.05) is 0 Å². The number of aromatic amines is 2. The van der Waals surface area contributed by atoms with Crippen LogP contribution < -0.4 is 5.56 Å². The average molecular weight is 153 g/mol. The minimum atomic E-state index is -0.604. The van der Waals surface area contributed by atoms with Crippen LogP contribution in [0.15, 0.2) is 17.1 Å². The van der Waals surface area contributed by atoms with Crippen molar-refractivity contribution in [1.82, 2.24) is 15.2 Å². The Kier molecular flexibility index (Phi) is 1.06. The molecule has 0 aliphatic heterocycles. The van der Waals surface area contributed by atoms with Crippen molar-refractivity contribution in [2.45, 2.75) is 0 Å². The number of rotatable bonds is 0. The minimum absolute atomic E-state index is 0.285. The highest BCUT2D eigenvalue weighted by Gasteiger charge is 2.00. The second-order valence-corrected chi connectivity index (χ2v) is 2.13. The van der Waals surface area contributed by atoms with Crippen molar-refractivity contribution in [2.75, 3.05) is 0 Å². The Bertz CT molecular complexity index is 444. The molecule has 0 radical (unpaired) electrons. The highest BCUT2D eigenvalue weighted by Crippen LogP contribution is 2.04. The van der Waals surface area contributed by atoms with Crippen LogP contribution in [0.2, 0.25) is 0 Å². The van der Waals surface area contributed by atoms with E-state index in [0.717, 1.165) is 6.07 Å². The first-order chi connectivity index (χ1) is 5.27. The largest absolute Gasteiger partial charge is 0.297 e. The molecule has 56 valence electrons. The molecule has 0 unspecified atom stereocenters. The zero-order valence-corrected chi connectivity index (χ0v) is 5.39. The smallest absolute Gasteiger partial charge is 0.273 e. The predicted octanol–water partition coefficient (Wildman–Crippen LogP) is 0.390. The van der Waals surface area contributed by atoms with Crippen molar-refractivity contribution in [3.05, 3.63) is 28.6 Å². The van der Waals surface area contributed by atoms with Crippen LogP contribution in [0.5, 0.6) is 0 Å². The minimum Gasteiger partial charge on any atom is -0.297 e. The molecule has 11 heavy (non-hydrogen) atoms. The number of aromatic nitrogens is 3. The van der Waals surface area contributed by atoms with Crippen molar-refractivity contribution in [3.63, 3.8) is 0 Å². The monoisotopic (exact) mass is 153 g/mol. The van der Waals surface area contributed by atoms with Crippen LogP contribution in [0.25, 0.3) is 10.9 Å². The average Bonchev–Trinajstić information content (AvgIpc) is 2.32. The molecule has 2 heterocycles. The molecular weight excluding hydrogens is 149 g/mol. The van der Waals surface area contributed by atoms with Gasteiger partial charge in [0, 0.05) is 12.3 Å². The maximum Gasteiger partial charge on any atom is 0.273 e. The topological polar surface area (TPSA) is 61.5 Å². The van der Waals surface area contributed by atoms with E-state index in [4.69, 9.17) is 0 Å². The first kappa shape index (κ1) is 6.09. The van der Waals surface area contributed by atoms with Gasteiger partial charge in [0.05, 0.1) is 10.9 Å². The third-order valence-corrected chi connectivity index (χ3v) is 1.43. The van der Waals surface area contributed by atoms with Gasteiger partial charge >= 0.3 is 0 Å². The fourth-order valence-electron chi connectivity index (χ4n) is 0.906. The zero-order valence-electron chi connectivity index (χ0n) is 5.39. The normalized spacial score (nSPS) is 10.6. The summed E-state index contributed by atoms with van der Waals surface area (Å²) in [6.07, 6.45) is 1.19. The molecule has 0 saturated carbocycles. The van der Waals surface area contributed by atoms with Crippen LogP contribution in [0.3, 0.4) is 0 Å². The van der Waals surface area contributed by atoms with Gasteiger partial charge in [0.25, 0.3) is 5.56 Å². The number of nitrogens with zero attached hydrogens (tertiary/aromatic N) is 1. The van der Waals surface area contributed by atoms with E-state index >= 15 is 0 Å². The van der Waals surface area contributed by atoms with E-state index in [2.05, 4.69) is 15.2 Å². The zero-order chi connectivity index (χ0) is 7.84. The first-order valence-corrected chi connectivity index (χ1v) is 2.99. The number of nitrogens with one attached hydrogen (secondary N) is 2. The van der Waals surface area contributed by atoms with Gasteiger partial charge in [-0.3, -0.25) is 15.0 Å². The maximum absolute atomic E-state index is 12.4. The molecule has 4 nitrogen and oxygen atoms in total. The fourth-order valence-corrected chi connectivity index (χ4v) is 0.906. The van der Waals surface area contributed by atoms with E-state index in [9.17, 15) is 9.18 Å². The lowest BCUT2D eigenvalue weighted by Gasteiger charge is -1.84. The van der Waals surface area contributed by atoms with Crippen LogP contribution >= 0.6 is 0 Å². The lowest BCUT2D eigenvalue weighted by Crippen LogP contribution is -1.97. The van der Waals surface area contributed by atoms with Gasteiger partial charge in [-0.15, -0.1) is 0 Å². The summed E-state index contributed by atoms with van der Waals surface area (Å²) < 4.78 is 12.4. The van der Waals surface area contributed by atoms with E-state index < -0.39 is 5.95 Å². The van der Waals surface area contributed by atoms with E-state index in [1.165, 1.54) is 6.20 Å². The van der Waals surface area contributed by atoms with Gasteiger partial charge in [-0.25, -0.2) is 4.98 Å². The van der Waals surface area contributed by atoms with Gasteiger partial charge < -0.3 is 0 Å². The molecule has 0 bridgehead atoms. The summed E-state index contributed by atoms with van der Waals surface area (Å²) in [4.78, 5) is 14.2. The molecule has 0 fully saturated rings. The highest BCUT2D eigenvalue weighted by molar-refractivity contribution is 5.76. The highest BCUT2D eigenvalue weighted by atomic mass is 19.1. The Balaban J connectivity index is 2.97. The number of hydrogen-bond acceptors (Lipinski definition) is 2. The van der Waals surface area contributed by atoms with Crippen LogP contribution in [0.4, 0.5) is 4.39 Å². The second-order valence-electron chi connectivity index (χ2n) is 2.13. The molecule has 2 rings (SSSR count). The molecule has 0 aliphatic carbocycles. The molecule has 2 aromatic heterocycles. The van der Waals surface area contributed by atoms with Crippen molar-refractivity contribution in [3.8, 4) is 0 Å². The summed E-state index contributed by atoms with van der Waals surface area (Å²) in [6.45, 7) is 0. The molecule has 0 aromatic carbocycles. The number of hydrogen-bond donors (Lipinski definition) is 2. The van der Waals surface area contributed by atoms with Gasteiger partial charge in [0.1, 0.15) is 0 Å². The molecule has 0 saturated heterocycles. The van der Waals surface area contributed by atoms with Crippen LogP contribution in [-0.2, 0) is 0 Å². The Morgan fingerprint density at radius 1 is 1.45 bits per heavy atom. The van der Waals surface area contributed by atoms with Crippen molar-refractivity contribution >= 4 is 10.9 Å². The molecule has 2 N–H and O–H groups in total. The molecule has 5 heteroatoms. The Morgan fingerprint density at radius 3 is 3.09 bits per heavy atom. The van der Waals surface area contributed by atoms with Gasteiger partial charge in [-0.2, -0.15) is 4.39 Å². The van der Waals surface area contributed by atoms with Crippen molar-refractivity contribution in [2.24, 2.45) is 0 Å². The van der Waals surface area contributed by atoms with Crippen LogP contribution in [0.1, 0.15) is 0 Å². The first-order valence-electron chi connectivity index (χ1n) is 2.99. The summed E-state index contributed by atoms with van der Waals surface area (Å²) in [5.41, 5.74) is 0.148. The van der Waals surface area contributed by atoms with Crippen molar-refractivity contribution < 1.29 is 4.39 Å². The molecule has 0 atom stereocenters. The summed E-state index contributed by atoms with van der Waals surface area (Å²) in [5, 5.41) is 5.19. The molecule has 0 aliphatic rings. The van der Waals surface area contributed by atoms with E-state index in [-0.39, 0.29) is 5.56 Å². The molecular formula is C6H4FN3O. The lowest BCUT2D eigenvalue weighted by molar-refractivity contribution is 0.586. The standard InChI is InChI=1S/C6H4FN3O/c7-5-1-4-3(2-8-5)6(11)10-9-4/h1-2H,(H2,9,10,11). The lowest BCUT2D eigenvalue weighted by atomic mass is 10.3. The summed E-state index contributed by atoms with van der Waals surface area (Å²) in [5.74, 6) is -0.604. The molecule has 2 aromatic rings. The van der Waals surface area contributed by atoms with Gasteiger partial charge in [-0.1, -0.05) is 0 Å². The fraction of sp³-hybridized carbons (Fsp3) is 0. The Hall–Kier alpha value is -1.65. The number of pyridine rings is 1. The third-order valence-electron chi connectivity index (χ3n) is 1.43. The van der Waals surface area contributed by atoms with Gasteiger partial charge in [0.2, 0.25) is 5.95 Å². The van der Waals surface area contributed by atoms with Gasteiger partial charge in [0.15, 0.2) is 0 Å². The maximum atomic E-state index is 12.4. The quantitative estimate of drug-likeness (QED) is 0.538. The summed E-state index contributed by atoms with van der Waals surface area (Å²) in [6, 6.07) is 1.16. The van der Waals surface area contributed by atoms with Gasteiger partial charge in [-0.05, 0) is 0 Å². The SMILES string of the molecule is O=c1[nH][nH]c2cc(F)ncc12.